The van der Waals surface area contributed by atoms with Gasteiger partial charge in [0.2, 0.25) is 0 Å². The molecule has 0 saturated heterocycles. The first-order valence-electron chi connectivity index (χ1n) is 6.62. The number of ether oxygens (including phenoxy) is 1. The number of benzene rings is 1. The fraction of sp³-hybridized carbons (Fsp3) is 0.600. The highest BCUT2D eigenvalue weighted by molar-refractivity contribution is 9.10. The van der Waals surface area contributed by atoms with E-state index in [2.05, 4.69) is 35.8 Å². The molecule has 0 radical (unpaired) electrons. The van der Waals surface area contributed by atoms with E-state index in [1.807, 2.05) is 12.1 Å². The Bertz CT molecular complexity index is 407. The zero-order chi connectivity index (χ0) is 13.2. The molecule has 1 fully saturated rings. The largest absolute Gasteiger partial charge is 0.398 e. The maximum absolute atomic E-state index is 6.01. The third kappa shape index (κ3) is 3.48. The van der Waals surface area contributed by atoms with Crippen LogP contribution in [0.25, 0.3) is 0 Å². The van der Waals surface area contributed by atoms with Gasteiger partial charge in [0.1, 0.15) is 0 Å². The SMILES string of the molecule is CC1(C)CCC(OCc2cccc(N)c2Br)CC1. The summed E-state index contributed by atoms with van der Waals surface area (Å²) in [7, 11) is 0. The highest BCUT2D eigenvalue weighted by atomic mass is 79.9. The summed E-state index contributed by atoms with van der Waals surface area (Å²) in [6, 6.07) is 5.94. The molecule has 0 aromatic heterocycles. The van der Waals surface area contributed by atoms with E-state index in [1.165, 1.54) is 25.7 Å². The van der Waals surface area contributed by atoms with E-state index in [9.17, 15) is 0 Å². The second-order valence-electron chi connectivity index (χ2n) is 5.99. The Balaban J connectivity index is 1.87. The highest BCUT2D eigenvalue weighted by Crippen LogP contribution is 2.36. The van der Waals surface area contributed by atoms with E-state index in [-0.39, 0.29) is 0 Å². The number of anilines is 1. The molecule has 1 aromatic rings. The molecule has 18 heavy (non-hydrogen) atoms. The van der Waals surface area contributed by atoms with Crippen LogP contribution in [0.5, 0.6) is 0 Å². The Hall–Kier alpha value is -0.540. The molecule has 0 heterocycles. The van der Waals surface area contributed by atoms with E-state index in [0.29, 0.717) is 18.1 Å². The van der Waals surface area contributed by atoms with Gasteiger partial charge in [0.25, 0.3) is 0 Å². The molecule has 1 aliphatic rings. The van der Waals surface area contributed by atoms with Gasteiger partial charge < -0.3 is 10.5 Å². The average Bonchev–Trinajstić information content (AvgIpc) is 2.33. The van der Waals surface area contributed by atoms with Crippen LogP contribution >= 0.6 is 15.9 Å². The molecule has 1 aromatic carbocycles. The number of hydrogen-bond acceptors (Lipinski definition) is 2. The van der Waals surface area contributed by atoms with Gasteiger partial charge in [-0.05, 0) is 58.7 Å². The lowest BCUT2D eigenvalue weighted by Crippen LogP contribution is -2.26. The van der Waals surface area contributed by atoms with Gasteiger partial charge in [-0.15, -0.1) is 0 Å². The van der Waals surface area contributed by atoms with Gasteiger partial charge in [-0.1, -0.05) is 26.0 Å². The topological polar surface area (TPSA) is 35.2 Å². The van der Waals surface area contributed by atoms with Crippen molar-refractivity contribution < 1.29 is 4.74 Å². The Morgan fingerprint density at radius 2 is 2.00 bits per heavy atom. The van der Waals surface area contributed by atoms with Crippen LogP contribution in [0.2, 0.25) is 0 Å². The summed E-state index contributed by atoms with van der Waals surface area (Å²) in [6.07, 6.45) is 5.28. The molecule has 2 rings (SSSR count). The van der Waals surface area contributed by atoms with E-state index < -0.39 is 0 Å². The molecule has 1 aliphatic carbocycles. The zero-order valence-corrected chi connectivity index (χ0v) is 12.8. The van der Waals surface area contributed by atoms with Crippen LogP contribution in [0.4, 0.5) is 5.69 Å². The summed E-state index contributed by atoms with van der Waals surface area (Å²) in [6.45, 7) is 5.34. The van der Waals surface area contributed by atoms with Crippen molar-refractivity contribution in [1.82, 2.24) is 0 Å². The van der Waals surface area contributed by atoms with Crippen LogP contribution in [-0.2, 0) is 11.3 Å². The van der Waals surface area contributed by atoms with Crippen molar-refractivity contribution in [2.45, 2.75) is 52.2 Å². The van der Waals surface area contributed by atoms with Crippen LogP contribution in [-0.4, -0.2) is 6.10 Å². The maximum atomic E-state index is 6.01. The molecular weight excluding hydrogens is 290 g/mol. The van der Waals surface area contributed by atoms with Crippen molar-refractivity contribution in [2.24, 2.45) is 5.41 Å². The molecule has 2 N–H and O–H groups in total. The molecule has 2 nitrogen and oxygen atoms in total. The number of nitrogen functional groups attached to an aromatic ring is 1. The molecule has 0 atom stereocenters. The zero-order valence-electron chi connectivity index (χ0n) is 11.2. The Kier molecular flexibility index (Phi) is 4.33. The minimum Gasteiger partial charge on any atom is -0.398 e. The van der Waals surface area contributed by atoms with Crippen molar-refractivity contribution in [3.63, 3.8) is 0 Å². The smallest absolute Gasteiger partial charge is 0.0732 e. The predicted octanol–water partition coefficient (Wildman–Crippen LogP) is 4.52. The van der Waals surface area contributed by atoms with Crippen LogP contribution < -0.4 is 5.73 Å². The molecule has 0 spiro atoms. The fourth-order valence-corrected chi connectivity index (χ4v) is 2.84. The molecule has 3 heteroatoms. The first-order chi connectivity index (χ1) is 8.48. The van der Waals surface area contributed by atoms with Gasteiger partial charge in [0.05, 0.1) is 12.7 Å². The first-order valence-corrected chi connectivity index (χ1v) is 7.42. The summed E-state index contributed by atoms with van der Waals surface area (Å²) in [5, 5.41) is 0. The molecule has 0 aliphatic heterocycles. The Labute approximate surface area is 118 Å². The lowest BCUT2D eigenvalue weighted by molar-refractivity contribution is -0.00577. The summed E-state index contributed by atoms with van der Waals surface area (Å²) >= 11 is 3.52. The van der Waals surface area contributed by atoms with Gasteiger partial charge in [-0.2, -0.15) is 0 Å². The molecule has 1 saturated carbocycles. The minimum absolute atomic E-state index is 0.409. The molecule has 0 amide bonds. The molecule has 0 unspecified atom stereocenters. The predicted molar refractivity (Wildman–Crippen MR) is 79.4 cm³/mol. The van der Waals surface area contributed by atoms with Crippen LogP contribution in [0.3, 0.4) is 0 Å². The van der Waals surface area contributed by atoms with Gasteiger partial charge in [0, 0.05) is 10.2 Å². The lowest BCUT2D eigenvalue weighted by Gasteiger charge is -2.34. The van der Waals surface area contributed by atoms with Gasteiger partial charge in [0.15, 0.2) is 0 Å². The van der Waals surface area contributed by atoms with Gasteiger partial charge >= 0.3 is 0 Å². The summed E-state index contributed by atoms with van der Waals surface area (Å²) in [5.74, 6) is 0. The van der Waals surface area contributed by atoms with Gasteiger partial charge in [-0.3, -0.25) is 0 Å². The average molecular weight is 312 g/mol. The molecular formula is C15H22BrNO. The van der Waals surface area contributed by atoms with Crippen molar-refractivity contribution in [3.05, 3.63) is 28.2 Å². The quantitative estimate of drug-likeness (QED) is 0.833. The Morgan fingerprint density at radius 1 is 1.33 bits per heavy atom. The van der Waals surface area contributed by atoms with E-state index in [1.54, 1.807) is 0 Å². The summed E-state index contributed by atoms with van der Waals surface area (Å²) in [5.41, 5.74) is 8.28. The minimum atomic E-state index is 0.409. The highest BCUT2D eigenvalue weighted by Gasteiger charge is 2.27. The monoisotopic (exact) mass is 311 g/mol. The first kappa shape index (κ1) is 13.9. The van der Waals surface area contributed by atoms with Gasteiger partial charge in [-0.25, -0.2) is 0 Å². The van der Waals surface area contributed by atoms with Crippen molar-refractivity contribution in [2.75, 3.05) is 5.73 Å². The lowest BCUT2D eigenvalue weighted by atomic mass is 9.76. The van der Waals surface area contributed by atoms with E-state index in [4.69, 9.17) is 10.5 Å². The van der Waals surface area contributed by atoms with Crippen LogP contribution in [0, 0.1) is 5.41 Å². The second kappa shape index (κ2) is 5.62. The Morgan fingerprint density at radius 3 is 2.67 bits per heavy atom. The number of rotatable bonds is 3. The third-order valence-electron chi connectivity index (χ3n) is 3.87. The van der Waals surface area contributed by atoms with Crippen molar-refractivity contribution >= 4 is 21.6 Å². The van der Waals surface area contributed by atoms with Crippen LogP contribution in [0.1, 0.15) is 45.1 Å². The molecule has 0 bridgehead atoms. The number of halogens is 1. The summed E-state index contributed by atoms with van der Waals surface area (Å²) < 4.78 is 6.99. The van der Waals surface area contributed by atoms with E-state index in [0.717, 1.165) is 15.7 Å². The maximum Gasteiger partial charge on any atom is 0.0732 e. The van der Waals surface area contributed by atoms with Crippen molar-refractivity contribution in [3.8, 4) is 0 Å². The van der Waals surface area contributed by atoms with Crippen LogP contribution in [0.15, 0.2) is 22.7 Å². The standard InChI is InChI=1S/C15H22BrNO/c1-15(2)8-6-12(7-9-15)18-10-11-4-3-5-13(17)14(11)16/h3-5,12H,6-10,17H2,1-2H3. The normalized spacial score (nSPS) is 19.9. The fourth-order valence-electron chi connectivity index (χ4n) is 2.46. The van der Waals surface area contributed by atoms with E-state index >= 15 is 0 Å². The third-order valence-corrected chi connectivity index (χ3v) is 4.84. The number of hydrogen-bond donors (Lipinski definition) is 1. The van der Waals surface area contributed by atoms with Crippen molar-refractivity contribution in [1.29, 1.82) is 0 Å². The second-order valence-corrected chi connectivity index (χ2v) is 6.79. The number of nitrogens with two attached hydrogens (primary N) is 1. The summed E-state index contributed by atoms with van der Waals surface area (Å²) in [4.78, 5) is 0. The molecule has 100 valence electrons.